The molecule has 1 N–H and O–H groups in total. The number of pyridine rings is 1. The molecule has 28 heavy (non-hydrogen) atoms. The fraction of sp³-hybridized carbons (Fsp3) is 0.0800. The molecule has 0 unspecified atom stereocenters. The summed E-state index contributed by atoms with van der Waals surface area (Å²) < 4.78 is 1.71. The molecule has 0 aliphatic carbocycles. The van der Waals surface area contributed by atoms with Gasteiger partial charge in [-0.3, -0.25) is 9.36 Å². The van der Waals surface area contributed by atoms with E-state index in [1.165, 1.54) is 0 Å². The second kappa shape index (κ2) is 7.57. The van der Waals surface area contributed by atoms with E-state index in [0.29, 0.717) is 23.2 Å². The Hall–Kier alpha value is -3.59. The molecule has 0 amide bonds. The third-order valence-corrected chi connectivity index (χ3v) is 4.97. The van der Waals surface area contributed by atoms with Crippen molar-refractivity contribution in [2.24, 2.45) is 0 Å². The normalized spacial score (nSPS) is 10.8. The summed E-state index contributed by atoms with van der Waals surface area (Å²) in [6.07, 6.45) is 0.383. The largest absolute Gasteiger partial charge is 0.507 e. The van der Waals surface area contributed by atoms with Gasteiger partial charge in [-0.1, -0.05) is 78.9 Å². The van der Waals surface area contributed by atoms with Crippen LogP contribution in [0.5, 0.6) is 5.75 Å². The van der Waals surface area contributed by atoms with E-state index in [4.69, 9.17) is 0 Å². The van der Waals surface area contributed by atoms with Crippen molar-refractivity contribution in [1.29, 1.82) is 0 Å². The zero-order valence-corrected chi connectivity index (χ0v) is 15.7. The maximum atomic E-state index is 13.5. The van der Waals surface area contributed by atoms with Crippen molar-refractivity contribution in [3.05, 3.63) is 118 Å². The van der Waals surface area contributed by atoms with E-state index in [1.807, 2.05) is 97.9 Å². The highest BCUT2D eigenvalue weighted by Gasteiger charge is 2.21. The van der Waals surface area contributed by atoms with Crippen LogP contribution in [0.1, 0.15) is 16.7 Å². The molecule has 0 aliphatic rings. The first-order chi connectivity index (χ1) is 13.7. The molecule has 0 saturated heterocycles. The molecule has 0 fully saturated rings. The van der Waals surface area contributed by atoms with Crippen LogP contribution in [0.4, 0.5) is 0 Å². The van der Waals surface area contributed by atoms with Crippen molar-refractivity contribution in [3.63, 3.8) is 0 Å². The topological polar surface area (TPSA) is 42.2 Å². The highest BCUT2D eigenvalue weighted by Crippen LogP contribution is 2.32. The van der Waals surface area contributed by atoms with E-state index in [9.17, 15) is 9.90 Å². The minimum absolute atomic E-state index is 0.0693. The number of aromatic nitrogens is 1. The Morgan fingerprint density at radius 1 is 0.786 bits per heavy atom. The van der Waals surface area contributed by atoms with Gasteiger partial charge < -0.3 is 5.11 Å². The van der Waals surface area contributed by atoms with Gasteiger partial charge in [-0.25, -0.2) is 0 Å². The van der Waals surface area contributed by atoms with Crippen molar-refractivity contribution in [2.45, 2.75) is 13.3 Å². The second-order valence-electron chi connectivity index (χ2n) is 6.81. The zero-order chi connectivity index (χ0) is 19.5. The fourth-order valence-electron chi connectivity index (χ4n) is 3.57. The molecule has 1 heterocycles. The van der Waals surface area contributed by atoms with Gasteiger partial charge in [-0.2, -0.15) is 0 Å². The summed E-state index contributed by atoms with van der Waals surface area (Å²) in [5.74, 6) is 0.0693. The summed E-state index contributed by atoms with van der Waals surface area (Å²) in [4.78, 5) is 13.5. The van der Waals surface area contributed by atoms with E-state index >= 15 is 0 Å². The van der Waals surface area contributed by atoms with Crippen molar-refractivity contribution < 1.29 is 5.11 Å². The Balaban J connectivity index is 2.02. The number of para-hydroxylation sites is 1. The Bertz CT molecular complexity index is 1150. The molecule has 138 valence electrons. The van der Waals surface area contributed by atoms with Crippen LogP contribution in [0.15, 0.2) is 95.8 Å². The minimum Gasteiger partial charge on any atom is -0.507 e. The number of benzene rings is 3. The molecule has 4 aromatic rings. The molecule has 0 bridgehead atoms. The predicted octanol–water partition coefficient (Wildman–Crippen LogP) is 5.11. The second-order valence-corrected chi connectivity index (χ2v) is 6.81. The van der Waals surface area contributed by atoms with Crippen molar-refractivity contribution in [1.82, 2.24) is 4.57 Å². The lowest BCUT2D eigenvalue weighted by Gasteiger charge is -2.20. The van der Waals surface area contributed by atoms with Gasteiger partial charge in [0.1, 0.15) is 5.75 Å². The number of nitrogens with zero attached hydrogens (tertiary/aromatic N) is 1. The average molecular weight is 367 g/mol. The van der Waals surface area contributed by atoms with Crippen LogP contribution in [0.3, 0.4) is 0 Å². The summed E-state index contributed by atoms with van der Waals surface area (Å²) in [7, 11) is 0. The molecule has 0 radical (unpaired) electrons. The van der Waals surface area contributed by atoms with Crippen LogP contribution in [0, 0.1) is 6.92 Å². The van der Waals surface area contributed by atoms with E-state index in [0.717, 1.165) is 16.8 Å². The predicted molar refractivity (Wildman–Crippen MR) is 113 cm³/mol. The Morgan fingerprint density at radius 2 is 1.32 bits per heavy atom. The monoisotopic (exact) mass is 367 g/mol. The lowest BCUT2D eigenvalue weighted by molar-refractivity contribution is 0.462. The van der Waals surface area contributed by atoms with E-state index in [2.05, 4.69) is 0 Å². The van der Waals surface area contributed by atoms with Crippen LogP contribution in [-0.2, 0) is 6.42 Å². The quantitative estimate of drug-likeness (QED) is 0.545. The standard InChI is InChI=1S/C25H21NO2/c1-18-23(20-13-7-3-8-14-20)26(21-15-9-4-10-16-21)25(28)22(24(18)27)17-19-11-5-2-6-12-19/h2-16,27H,17H2,1H3. The number of hydrogen-bond donors (Lipinski definition) is 1. The van der Waals surface area contributed by atoms with E-state index in [-0.39, 0.29) is 11.3 Å². The summed E-state index contributed by atoms with van der Waals surface area (Å²) in [6, 6.07) is 29.0. The van der Waals surface area contributed by atoms with Crippen LogP contribution in [-0.4, -0.2) is 9.67 Å². The molecular weight excluding hydrogens is 346 g/mol. The van der Waals surface area contributed by atoms with E-state index in [1.54, 1.807) is 4.57 Å². The Kier molecular flexibility index (Phi) is 4.81. The summed E-state index contributed by atoms with van der Waals surface area (Å²) >= 11 is 0. The third-order valence-electron chi connectivity index (χ3n) is 4.97. The summed E-state index contributed by atoms with van der Waals surface area (Å²) in [5, 5.41) is 10.9. The summed E-state index contributed by atoms with van der Waals surface area (Å²) in [5.41, 5.74) is 4.28. The third kappa shape index (κ3) is 3.23. The van der Waals surface area contributed by atoms with Gasteiger partial charge in [0.2, 0.25) is 0 Å². The van der Waals surface area contributed by atoms with Gasteiger partial charge in [0.05, 0.1) is 11.3 Å². The molecule has 0 saturated carbocycles. The first-order valence-electron chi connectivity index (χ1n) is 9.29. The Morgan fingerprint density at radius 3 is 1.93 bits per heavy atom. The van der Waals surface area contributed by atoms with Crippen molar-refractivity contribution in [3.8, 4) is 22.7 Å². The number of rotatable bonds is 4. The molecule has 0 atom stereocenters. The molecule has 0 spiro atoms. The molecule has 1 aromatic heterocycles. The van der Waals surface area contributed by atoms with E-state index < -0.39 is 0 Å². The van der Waals surface area contributed by atoms with Crippen LogP contribution >= 0.6 is 0 Å². The van der Waals surface area contributed by atoms with Crippen molar-refractivity contribution >= 4 is 0 Å². The van der Waals surface area contributed by atoms with Crippen molar-refractivity contribution in [2.75, 3.05) is 0 Å². The molecular formula is C25H21NO2. The lowest BCUT2D eigenvalue weighted by Crippen LogP contribution is -2.25. The van der Waals surface area contributed by atoms with Gasteiger partial charge in [-0.05, 0) is 30.2 Å². The van der Waals surface area contributed by atoms with Gasteiger partial charge in [0, 0.05) is 17.7 Å². The Labute approximate surface area is 164 Å². The van der Waals surface area contributed by atoms with Gasteiger partial charge in [-0.15, -0.1) is 0 Å². The molecule has 3 aromatic carbocycles. The minimum atomic E-state index is -0.197. The van der Waals surface area contributed by atoms with Crippen LogP contribution in [0.25, 0.3) is 16.9 Å². The van der Waals surface area contributed by atoms with Gasteiger partial charge in [0.25, 0.3) is 5.56 Å². The average Bonchev–Trinajstić information content (AvgIpc) is 2.75. The van der Waals surface area contributed by atoms with Crippen LogP contribution < -0.4 is 5.56 Å². The number of aromatic hydroxyl groups is 1. The molecule has 3 heteroatoms. The van der Waals surface area contributed by atoms with Gasteiger partial charge >= 0.3 is 0 Å². The fourth-order valence-corrected chi connectivity index (χ4v) is 3.57. The molecule has 0 aliphatic heterocycles. The molecule has 3 nitrogen and oxygen atoms in total. The SMILES string of the molecule is Cc1c(O)c(Cc2ccccc2)c(=O)n(-c2ccccc2)c1-c1ccccc1. The highest BCUT2D eigenvalue weighted by atomic mass is 16.3. The maximum absolute atomic E-state index is 13.5. The zero-order valence-electron chi connectivity index (χ0n) is 15.7. The molecule has 4 rings (SSSR count). The first-order valence-corrected chi connectivity index (χ1v) is 9.29. The first kappa shape index (κ1) is 17.8. The lowest BCUT2D eigenvalue weighted by atomic mass is 9.98. The summed E-state index contributed by atoms with van der Waals surface area (Å²) in [6.45, 7) is 1.87. The smallest absolute Gasteiger partial charge is 0.262 e. The number of hydrogen-bond acceptors (Lipinski definition) is 2. The highest BCUT2D eigenvalue weighted by molar-refractivity contribution is 5.69. The maximum Gasteiger partial charge on any atom is 0.262 e. The van der Waals surface area contributed by atoms with Crippen LogP contribution in [0.2, 0.25) is 0 Å². The van der Waals surface area contributed by atoms with Gasteiger partial charge in [0.15, 0.2) is 0 Å².